The summed E-state index contributed by atoms with van der Waals surface area (Å²) in [5, 5.41) is 21.9. The Balaban J connectivity index is 1.20. The molecular formula is C25H23N5O6. The molecule has 11 nitrogen and oxygen atoms in total. The molecule has 1 aliphatic carbocycles. The zero-order chi connectivity index (χ0) is 24.8. The van der Waals surface area contributed by atoms with Gasteiger partial charge in [0.2, 0.25) is 5.95 Å². The number of aromatic amines is 1. The van der Waals surface area contributed by atoms with Crippen LogP contribution in [0.15, 0.2) is 59.7 Å². The van der Waals surface area contributed by atoms with Crippen molar-refractivity contribution in [1.82, 2.24) is 19.5 Å². The van der Waals surface area contributed by atoms with Crippen LogP contribution in [0.3, 0.4) is 0 Å². The third kappa shape index (κ3) is 3.73. The molecule has 0 unspecified atom stereocenters. The number of anilines is 1. The zero-order valence-electron chi connectivity index (χ0n) is 19.0. The lowest BCUT2D eigenvalue weighted by Gasteiger charge is -2.15. The Labute approximate surface area is 204 Å². The minimum Gasteiger partial charge on any atom is -0.448 e. The highest BCUT2D eigenvalue weighted by molar-refractivity contribution is 5.84. The maximum atomic E-state index is 12.6. The molecule has 2 aromatic heterocycles. The van der Waals surface area contributed by atoms with Crippen LogP contribution >= 0.6 is 0 Å². The van der Waals surface area contributed by atoms with Gasteiger partial charge in [0.05, 0.1) is 19.0 Å². The molecular weight excluding hydrogens is 466 g/mol. The molecule has 4 N–H and O–H groups in total. The first kappa shape index (κ1) is 22.4. The average Bonchev–Trinajstić information content (AvgIpc) is 3.56. The molecule has 0 radical (unpaired) electrons. The summed E-state index contributed by atoms with van der Waals surface area (Å²) in [4.78, 5) is 36.1. The van der Waals surface area contributed by atoms with Crippen LogP contribution < -0.4 is 10.9 Å². The van der Waals surface area contributed by atoms with Crippen LogP contribution in [0.5, 0.6) is 0 Å². The summed E-state index contributed by atoms with van der Waals surface area (Å²) in [7, 11) is 0. The number of hydrogen-bond donors (Lipinski definition) is 4. The van der Waals surface area contributed by atoms with Crippen molar-refractivity contribution in [3.05, 3.63) is 76.3 Å². The van der Waals surface area contributed by atoms with Crippen LogP contribution in [-0.2, 0) is 9.47 Å². The van der Waals surface area contributed by atoms with E-state index >= 15 is 0 Å². The number of carbonyl (C=O) groups is 1. The second-order valence-electron chi connectivity index (χ2n) is 8.80. The van der Waals surface area contributed by atoms with Crippen molar-refractivity contribution in [2.24, 2.45) is 0 Å². The van der Waals surface area contributed by atoms with Gasteiger partial charge in [0.25, 0.3) is 5.56 Å². The monoisotopic (exact) mass is 489 g/mol. The minimum absolute atomic E-state index is 0.0543. The molecule has 0 spiro atoms. The van der Waals surface area contributed by atoms with Crippen molar-refractivity contribution in [1.29, 1.82) is 0 Å². The molecule has 0 saturated carbocycles. The molecule has 36 heavy (non-hydrogen) atoms. The van der Waals surface area contributed by atoms with Crippen LogP contribution in [0.1, 0.15) is 29.7 Å². The van der Waals surface area contributed by atoms with Gasteiger partial charge in [-0.2, -0.15) is 4.98 Å². The standard InChI is InChI=1S/C25H23N5O6/c31-10-19-18(32)9-20(36-19)30-12-26-21-22(30)27-24(28-23(21)33)29-25(34)35-11-17-15-7-3-1-5-13(15)14-6-2-4-8-16(14)17/h1-8,12,17-20,31-32H,9-11H2,(H2,27,28,29,33,34)/t18-,19+,20+/m0/s1. The predicted octanol–water partition coefficient (Wildman–Crippen LogP) is 2.12. The molecule has 1 aliphatic heterocycles. The summed E-state index contributed by atoms with van der Waals surface area (Å²) in [6.07, 6.45) is -1.47. The zero-order valence-corrected chi connectivity index (χ0v) is 19.0. The number of H-pyrrole nitrogens is 1. The lowest BCUT2D eigenvalue weighted by atomic mass is 9.98. The van der Waals surface area contributed by atoms with E-state index in [-0.39, 0.29) is 42.7 Å². The highest BCUT2D eigenvalue weighted by Gasteiger charge is 2.35. The minimum atomic E-state index is -0.863. The fourth-order valence-electron chi connectivity index (χ4n) is 4.98. The Bertz CT molecular complexity index is 1470. The summed E-state index contributed by atoms with van der Waals surface area (Å²) >= 11 is 0. The number of carbonyl (C=O) groups excluding carboxylic acids is 1. The van der Waals surface area contributed by atoms with E-state index in [9.17, 15) is 19.8 Å². The fourth-order valence-corrected chi connectivity index (χ4v) is 4.98. The van der Waals surface area contributed by atoms with Crippen molar-refractivity contribution in [3.63, 3.8) is 0 Å². The summed E-state index contributed by atoms with van der Waals surface area (Å²) in [5.74, 6) is -0.215. The topological polar surface area (TPSA) is 152 Å². The van der Waals surface area contributed by atoms with Gasteiger partial charge in [0.15, 0.2) is 11.2 Å². The van der Waals surface area contributed by atoms with Crippen LogP contribution in [0, 0.1) is 0 Å². The summed E-state index contributed by atoms with van der Waals surface area (Å²) in [6.45, 7) is -0.229. The van der Waals surface area contributed by atoms with E-state index in [4.69, 9.17) is 9.47 Å². The highest BCUT2D eigenvalue weighted by Crippen LogP contribution is 2.44. The molecule has 1 saturated heterocycles. The average molecular weight is 489 g/mol. The molecule has 1 fully saturated rings. The number of aliphatic hydroxyl groups is 2. The van der Waals surface area contributed by atoms with Crippen molar-refractivity contribution in [2.45, 2.75) is 30.8 Å². The van der Waals surface area contributed by atoms with E-state index in [0.29, 0.717) is 0 Å². The number of aliphatic hydroxyl groups excluding tert-OH is 2. The highest BCUT2D eigenvalue weighted by atomic mass is 16.6. The van der Waals surface area contributed by atoms with Gasteiger partial charge in [0, 0.05) is 12.3 Å². The lowest BCUT2D eigenvalue weighted by Crippen LogP contribution is -2.24. The van der Waals surface area contributed by atoms with E-state index in [1.165, 1.54) is 10.9 Å². The molecule has 3 heterocycles. The molecule has 6 rings (SSSR count). The molecule has 2 aliphatic rings. The fraction of sp³-hybridized carbons (Fsp3) is 0.280. The van der Waals surface area contributed by atoms with E-state index in [0.717, 1.165) is 22.3 Å². The van der Waals surface area contributed by atoms with Gasteiger partial charge in [-0.15, -0.1) is 0 Å². The maximum Gasteiger partial charge on any atom is 0.414 e. The number of aromatic nitrogens is 4. The Hall–Kier alpha value is -4.06. The second-order valence-corrected chi connectivity index (χ2v) is 8.80. The van der Waals surface area contributed by atoms with Crippen LogP contribution in [0.25, 0.3) is 22.3 Å². The summed E-state index contributed by atoms with van der Waals surface area (Å²) in [6, 6.07) is 16.0. The van der Waals surface area contributed by atoms with Crippen molar-refractivity contribution in [3.8, 4) is 11.1 Å². The molecule has 4 aromatic rings. The Morgan fingerprint density at radius 2 is 1.86 bits per heavy atom. The lowest BCUT2D eigenvalue weighted by molar-refractivity contribution is -0.0432. The van der Waals surface area contributed by atoms with Gasteiger partial charge in [-0.3, -0.25) is 19.7 Å². The molecule has 3 atom stereocenters. The number of fused-ring (bicyclic) bond motifs is 4. The Morgan fingerprint density at radius 1 is 1.17 bits per heavy atom. The first-order valence-electron chi connectivity index (χ1n) is 11.6. The Kier molecular flexibility index (Phi) is 5.52. The van der Waals surface area contributed by atoms with E-state index in [1.54, 1.807) is 0 Å². The molecule has 0 bridgehead atoms. The maximum absolute atomic E-state index is 12.6. The quantitative estimate of drug-likeness (QED) is 0.333. The summed E-state index contributed by atoms with van der Waals surface area (Å²) < 4.78 is 12.7. The predicted molar refractivity (Wildman–Crippen MR) is 128 cm³/mol. The normalized spacial score (nSPS) is 20.9. The first-order valence-corrected chi connectivity index (χ1v) is 11.6. The van der Waals surface area contributed by atoms with Gasteiger partial charge in [0.1, 0.15) is 18.9 Å². The van der Waals surface area contributed by atoms with E-state index in [1.807, 2.05) is 36.4 Å². The van der Waals surface area contributed by atoms with Gasteiger partial charge in [-0.05, 0) is 22.3 Å². The smallest absolute Gasteiger partial charge is 0.414 e. The molecule has 1 amide bonds. The van der Waals surface area contributed by atoms with Crippen molar-refractivity contribution >= 4 is 23.2 Å². The molecule has 11 heteroatoms. The number of imidazole rings is 1. The number of amides is 1. The van der Waals surface area contributed by atoms with Crippen LogP contribution in [-0.4, -0.2) is 61.2 Å². The number of nitrogens with zero attached hydrogens (tertiary/aromatic N) is 3. The SMILES string of the molecule is O=C(Nc1nc2c(ncn2[C@H]2C[C@H](O)[C@@H](CO)O2)c(=O)[nH]1)OCC1c2ccccc2-c2ccccc21. The van der Waals surface area contributed by atoms with Crippen LogP contribution in [0.4, 0.5) is 10.7 Å². The number of ether oxygens (including phenoxy) is 2. The van der Waals surface area contributed by atoms with Gasteiger partial charge < -0.3 is 19.7 Å². The van der Waals surface area contributed by atoms with Crippen molar-refractivity contribution < 1.29 is 24.5 Å². The first-order chi connectivity index (χ1) is 17.5. The van der Waals surface area contributed by atoms with Crippen LogP contribution in [0.2, 0.25) is 0 Å². The second kappa shape index (κ2) is 8.86. The third-order valence-corrected chi connectivity index (χ3v) is 6.69. The largest absolute Gasteiger partial charge is 0.448 e. The molecule has 184 valence electrons. The number of nitrogens with one attached hydrogen (secondary N) is 2. The van der Waals surface area contributed by atoms with Gasteiger partial charge >= 0.3 is 6.09 Å². The van der Waals surface area contributed by atoms with E-state index in [2.05, 4.69) is 32.4 Å². The Morgan fingerprint density at radius 3 is 2.53 bits per heavy atom. The van der Waals surface area contributed by atoms with Gasteiger partial charge in [-0.1, -0.05) is 48.5 Å². The van der Waals surface area contributed by atoms with E-state index < -0.39 is 30.1 Å². The van der Waals surface area contributed by atoms with Crippen molar-refractivity contribution in [2.75, 3.05) is 18.5 Å². The molecule has 2 aromatic carbocycles. The number of rotatable bonds is 5. The number of hydrogen-bond acceptors (Lipinski definition) is 8. The number of benzene rings is 2. The third-order valence-electron chi connectivity index (χ3n) is 6.69. The summed E-state index contributed by atoms with van der Waals surface area (Å²) in [5.41, 5.74) is 4.09. The van der Waals surface area contributed by atoms with Gasteiger partial charge in [-0.25, -0.2) is 9.78 Å².